The van der Waals surface area contributed by atoms with Crippen LogP contribution in [0.3, 0.4) is 0 Å². The van der Waals surface area contributed by atoms with Gasteiger partial charge in [0.1, 0.15) is 4.88 Å². The number of methoxy groups -OCH3 is 1. The van der Waals surface area contributed by atoms with Gasteiger partial charge in [0.05, 0.1) is 17.0 Å². The van der Waals surface area contributed by atoms with Crippen molar-refractivity contribution in [2.24, 2.45) is 0 Å². The molecule has 21 heavy (non-hydrogen) atoms. The summed E-state index contributed by atoms with van der Waals surface area (Å²) < 4.78 is 4.65. The fourth-order valence-corrected chi connectivity index (χ4v) is 3.72. The minimum Gasteiger partial charge on any atom is -0.465 e. The Kier molecular flexibility index (Phi) is 5.14. The van der Waals surface area contributed by atoms with Crippen LogP contribution in [0, 0.1) is 6.92 Å². The molecule has 0 aliphatic heterocycles. The van der Waals surface area contributed by atoms with Crippen LogP contribution in [0.1, 0.15) is 43.1 Å². The van der Waals surface area contributed by atoms with Gasteiger partial charge in [-0.3, -0.25) is 4.79 Å². The molecule has 0 aromatic carbocycles. The molecule has 0 radical (unpaired) electrons. The van der Waals surface area contributed by atoms with Crippen LogP contribution in [0.5, 0.6) is 0 Å². The van der Waals surface area contributed by atoms with Gasteiger partial charge in [-0.05, 0) is 37.1 Å². The van der Waals surface area contributed by atoms with Crippen molar-refractivity contribution in [1.29, 1.82) is 0 Å². The molecule has 4 nitrogen and oxygen atoms in total. The molecule has 0 unspecified atom stereocenters. The smallest absolute Gasteiger partial charge is 0.348 e. The van der Waals surface area contributed by atoms with Crippen molar-refractivity contribution in [2.75, 3.05) is 12.4 Å². The number of ether oxygens (including phenoxy) is 1. The van der Waals surface area contributed by atoms with Gasteiger partial charge in [0.15, 0.2) is 0 Å². The molecule has 2 heterocycles. The average Bonchev–Trinajstić information content (AvgIpc) is 3.06. The Morgan fingerprint density at radius 3 is 2.67 bits per heavy atom. The second-order valence-electron chi connectivity index (χ2n) is 4.55. The zero-order valence-electron chi connectivity index (χ0n) is 12.2. The van der Waals surface area contributed by atoms with Gasteiger partial charge >= 0.3 is 5.97 Å². The Morgan fingerprint density at radius 2 is 2.00 bits per heavy atom. The molecule has 0 atom stereocenters. The van der Waals surface area contributed by atoms with Gasteiger partial charge in [0, 0.05) is 4.88 Å². The topological polar surface area (TPSA) is 55.4 Å². The quantitative estimate of drug-likeness (QED) is 0.843. The van der Waals surface area contributed by atoms with Gasteiger partial charge in [-0.25, -0.2) is 4.79 Å². The number of esters is 1. The van der Waals surface area contributed by atoms with Gasteiger partial charge in [-0.2, -0.15) is 0 Å². The summed E-state index contributed by atoms with van der Waals surface area (Å²) in [6.45, 7) is 4.16. The molecule has 0 saturated heterocycles. The monoisotopic (exact) mass is 323 g/mol. The van der Waals surface area contributed by atoms with Gasteiger partial charge in [0.2, 0.25) is 0 Å². The summed E-state index contributed by atoms with van der Waals surface area (Å²) in [7, 11) is 1.34. The Hall–Kier alpha value is -1.66. The number of anilines is 1. The first-order valence-corrected chi connectivity index (χ1v) is 8.27. The molecule has 0 bridgehead atoms. The van der Waals surface area contributed by atoms with Crippen LogP contribution in [0.2, 0.25) is 0 Å². The van der Waals surface area contributed by atoms with Crippen molar-refractivity contribution in [3.63, 3.8) is 0 Å². The zero-order valence-corrected chi connectivity index (χ0v) is 13.8. The third-order valence-corrected chi connectivity index (χ3v) is 5.07. The molecule has 2 aromatic rings. The molecule has 0 spiro atoms. The fraction of sp³-hybridized carbons (Fsp3) is 0.333. The van der Waals surface area contributed by atoms with Crippen LogP contribution in [-0.2, 0) is 11.2 Å². The first-order chi connectivity index (χ1) is 10.0. The first kappa shape index (κ1) is 15.7. The van der Waals surface area contributed by atoms with Crippen molar-refractivity contribution in [1.82, 2.24) is 0 Å². The van der Waals surface area contributed by atoms with E-state index in [1.54, 1.807) is 12.1 Å². The van der Waals surface area contributed by atoms with Gasteiger partial charge in [0.25, 0.3) is 5.91 Å². The predicted octanol–water partition coefficient (Wildman–Crippen LogP) is 4.11. The zero-order chi connectivity index (χ0) is 15.4. The Bertz CT molecular complexity index is 658. The maximum Gasteiger partial charge on any atom is 0.348 e. The van der Waals surface area contributed by atoms with E-state index in [0.29, 0.717) is 14.8 Å². The summed E-state index contributed by atoms with van der Waals surface area (Å²) in [5, 5.41) is 3.46. The Balaban J connectivity index is 2.09. The number of amides is 1. The maximum absolute atomic E-state index is 12.2. The van der Waals surface area contributed by atoms with Crippen molar-refractivity contribution in [3.8, 4) is 0 Å². The summed E-state index contributed by atoms with van der Waals surface area (Å²) in [4.78, 5) is 26.0. The third kappa shape index (κ3) is 3.71. The van der Waals surface area contributed by atoms with E-state index in [1.165, 1.54) is 40.2 Å². The van der Waals surface area contributed by atoms with E-state index in [0.717, 1.165) is 12.8 Å². The number of hydrogen-bond donors (Lipinski definition) is 1. The number of hydrogen-bond acceptors (Lipinski definition) is 5. The highest BCUT2D eigenvalue weighted by Gasteiger charge is 2.15. The lowest BCUT2D eigenvalue weighted by molar-refractivity contribution is 0.0606. The van der Waals surface area contributed by atoms with Crippen LogP contribution < -0.4 is 5.32 Å². The average molecular weight is 323 g/mol. The molecule has 0 aliphatic carbocycles. The summed E-state index contributed by atoms with van der Waals surface area (Å²) in [6.07, 6.45) is 2.05. The minimum atomic E-state index is -0.391. The molecule has 2 aromatic heterocycles. The molecule has 112 valence electrons. The molecule has 2 rings (SSSR count). The normalized spacial score (nSPS) is 10.4. The highest BCUT2D eigenvalue weighted by Crippen LogP contribution is 2.26. The van der Waals surface area contributed by atoms with E-state index in [-0.39, 0.29) is 5.91 Å². The molecular weight excluding hydrogens is 306 g/mol. The Labute approximate surface area is 131 Å². The standard InChI is InChI=1S/C15H17NO3S2/c1-4-5-10-8-12(20-9(10)2)14(17)16-13-7-6-11(21-13)15(18)19-3/h6-8H,4-5H2,1-3H3,(H,16,17). The minimum absolute atomic E-state index is 0.135. The van der Waals surface area contributed by atoms with E-state index in [1.807, 2.05) is 13.0 Å². The SMILES string of the molecule is CCCc1cc(C(=O)Nc2ccc(C(=O)OC)s2)sc1C. The number of carbonyl (C=O) groups is 2. The van der Waals surface area contributed by atoms with E-state index in [2.05, 4.69) is 17.0 Å². The molecular formula is C15H17NO3S2. The van der Waals surface area contributed by atoms with Crippen molar-refractivity contribution in [3.05, 3.63) is 38.4 Å². The van der Waals surface area contributed by atoms with Crippen LogP contribution in [0.25, 0.3) is 0 Å². The summed E-state index contributed by atoms with van der Waals surface area (Å²) in [5.74, 6) is -0.526. The summed E-state index contributed by atoms with van der Waals surface area (Å²) >= 11 is 2.71. The summed E-state index contributed by atoms with van der Waals surface area (Å²) in [6, 6.07) is 5.31. The molecule has 0 fully saturated rings. The lowest BCUT2D eigenvalue weighted by Crippen LogP contribution is -2.08. The first-order valence-electron chi connectivity index (χ1n) is 6.64. The third-order valence-electron chi connectivity index (χ3n) is 2.99. The van der Waals surface area contributed by atoms with E-state index in [4.69, 9.17) is 0 Å². The van der Waals surface area contributed by atoms with Gasteiger partial charge < -0.3 is 10.1 Å². The number of thiophene rings is 2. The maximum atomic E-state index is 12.2. The molecule has 6 heteroatoms. The predicted molar refractivity (Wildman–Crippen MR) is 86.7 cm³/mol. The van der Waals surface area contributed by atoms with Crippen molar-refractivity contribution >= 4 is 39.6 Å². The van der Waals surface area contributed by atoms with Crippen LogP contribution in [0.4, 0.5) is 5.00 Å². The van der Waals surface area contributed by atoms with Crippen molar-refractivity contribution < 1.29 is 14.3 Å². The summed E-state index contributed by atoms with van der Waals surface area (Å²) in [5.41, 5.74) is 1.23. The Morgan fingerprint density at radius 1 is 1.24 bits per heavy atom. The van der Waals surface area contributed by atoms with E-state index >= 15 is 0 Å². The highest BCUT2D eigenvalue weighted by atomic mass is 32.1. The van der Waals surface area contributed by atoms with Crippen LogP contribution in [0.15, 0.2) is 18.2 Å². The second kappa shape index (κ2) is 6.87. The number of carbonyl (C=O) groups excluding carboxylic acids is 2. The number of nitrogens with one attached hydrogen (secondary N) is 1. The highest BCUT2D eigenvalue weighted by molar-refractivity contribution is 7.18. The molecule has 0 aliphatic rings. The van der Waals surface area contributed by atoms with Gasteiger partial charge in [-0.15, -0.1) is 22.7 Å². The van der Waals surface area contributed by atoms with Crippen molar-refractivity contribution in [2.45, 2.75) is 26.7 Å². The lowest BCUT2D eigenvalue weighted by atomic mass is 10.1. The van der Waals surface area contributed by atoms with Crippen LogP contribution in [-0.4, -0.2) is 19.0 Å². The number of rotatable bonds is 5. The van der Waals surface area contributed by atoms with Crippen LogP contribution >= 0.6 is 22.7 Å². The van der Waals surface area contributed by atoms with Gasteiger partial charge in [-0.1, -0.05) is 13.3 Å². The largest absolute Gasteiger partial charge is 0.465 e. The second-order valence-corrected chi connectivity index (χ2v) is 6.89. The van der Waals surface area contributed by atoms with E-state index < -0.39 is 5.97 Å². The number of aryl methyl sites for hydroxylation is 2. The molecule has 1 amide bonds. The fourth-order valence-electron chi connectivity index (χ4n) is 1.94. The molecule has 0 saturated carbocycles. The molecule has 1 N–H and O–H groups in total. The van der Waals surface area contributed by atoms with E-state index in [9.17, 15) is 9.59 Å². The lowest BCUT2D eigenvalue weighted by Gasteiger charge is -1.99.